The number of hydrogen-bond acceptors (Lipinski definition) is 4. The summed E-state index contributed by atoms with van der Waals surface area (Å²) in [5.74, 6) is 0. The van der Waals surface area contributed by atoms with Crippen LogP contribution in [0, 0.1) is 0 Å². The molecule has 3 aromatic heterocycles. The Labute approximate surface area is 159 Å². The molecule has 0 bridgehead atoms. The Hall–Kier alpha value is -3.05. The molecule has 0 amide bonds. The van der Waals surface area contributed by atoms with Crippen molar-refractivity contribution in [3.63, 3.8) is 0 Å². The Morgan fingerprint density at radius 1 is 0.926 bits per heavy atom. The minimum Gasteiger partial charge on any atom is -0.295 e. The zero-order valence-corrected chi connectivity index (χ0v) is 15.5. The predicted octanol–water partition coefficient (Wildman–Crippen LogP) is 4.20. The fourth-order valence-corrected chi connectivity index (χ4v) is 3.35. The van der Waals surface area contributed by atoms with Crippen molar-refractivity contribution in [1.29, 1.82) is 0 Å². The van der Waals surface area contributed by atoms with Crippen LogP contribution in [0.5, 0.6) is 0 Å². The molecule has 4 aromatic rings. The summed E-state index contributed by atoms with van der Waals surface area (Å²) < 4.78 is 1.88. The number of fused-ring (bicyclic) bond motifs is 1. The van der Waals surface area contributed by atoms with Crippen LogP contribution < -0.4 is 0 Å². The lowest BCUT2D eigenvalue weighted by Crippen LogP contribution is -2.24. The van der Waals surface area contributed by atoms with Gasteiger partial charge in [-0.15, -0.1) is 0 Å². The van der Waals surface area contributed by atoms with Crippen LogP contribution in [0.15, 0.2) is 73.4 Å². The van der Waals surface area contributed by atoms with Gasteiger partial charge in [-0.25, -0.2) is 9.50 Å². The van der Waals surface area contributed by atoms with E-state index in [-0.39, 0.29) is 0 Å². The average Bonchev–Trinajstić information content (AvgIpc) is 3.13. The highest BCUT2D eigenvalue weighted by atomic mass is 15.2. The smallest absolute Gasteiger partial charge is 0.162 e. The largest absolute Gasteiger partial charge is 0.295 e. The molecule has 5 heteroatoms. The van der Waals surface area contributed by atoms with Crippen LogP contribution >= 0.6 is 0 Å². The lowest BCUT2D eigenvalue weighted by Gasteiger charge is -2.21. The van der Waals surface area contributed by atoms with E-state index in [2.05, 4.69) is 52.4 Å². The van der Waals surface area contributed by atoms with Crippen molar-refractivity contribution in [3.8, 4) is 11.1 Å². The molecule has 3 heterocycles. The zero-order valence-electron chi connectivity index (χ0n) is 15.5. The van der Waals surface area contributed by atoms with Crippen molar-refractivity contribution < 1.29 is 0 Å². The molecule has 136 valence electrons. The Kier molecular flexibility index (Phi) is 5.21. The van der Waals surface area contributed by atoms with E-state index in [0.717, 1.165) is 48.4 Å². The van der Waals surface area contributed by atoms with E-state index in [1.807, 2.05) is 47.5 Å². The van der Waals surface area contributed by atoms with Gasteiger partial charge in [-0.05, 0) is 36.2 Å². The molecule has 0 atom stereocenters. The first-order chi connectivity index (χ1) is 13.3. The van der Waals surface area contributed by atoms with E-state index in [0.29, 0.717) is 0 Å². The van der Waals surface area contributed by atoms with Gasteiger partial charge >= 0.3 is 0 Å². The molecule has 0 radical (unpaired) electrons. The first kappa shape index (κ1) is 17.4. The maximum absolute atomic E-state index is 4.70. The monoisotopic (exact) mass is 357 g/mol. The lowest BCUT2D eigenvalue weighted by atomic mass is 10.1. The highest BCUT2D eigenvalue weighted by molar-refractivity contribution is 5.76. The molecule has 0 unspecified atom stereocenters. The highest BCUT2D eigenvalue weighted by Gasteiger charge is 2.11. The summed E-state index contributed by atoms with van der Waals surface area (Å²) in [5, 5.41) is 4.52. The Morgan fingerprint density at radius 2 is 1.70 bits per heavy atom. The summed E-state index contributed by atoms with van der Waals surface area (Å²) in [4.78, 5) is 11.2. The van der Waals surface area contributed by atoms with Crippen LogP contribution in [0.4, 0.5) is 0 Å². The number of nitrogens with zero attached hydrogens (tertiary/aromatic N) is 5. The molecule has 0 aliphatic heterocycles. The summed E-state index contributed by atoms with van der Waals surface area (Å²) in [5.41, 5.74) is 5.52. The van der Waals surface area contributed by atoms with Crippen molar-refractivity contribution in [3.05, 3.63) is 84.6 Å². The van der Waals surface area contributed by atoms with Gasteiger partial charge in [0.1, 0.15) is 0 Å². The van der Waals surface area contributed by atoms with E-state index >= 15 is 0 Å². The number of rotatable bonds is 7. The molecule has 27 heavy (non-hydrogen) atoms. The zero-order chi connectivity index (χ0) is 18.5. The van der Waals surface area contributed by atoms with E-state index in [4.69, 9.17) is 4.98 Å². The highest BCUT2D eigenvalue weighted by Crippen LogP contribution is 2.23. The van der Waals surface area contributed by atoms with E-state index in [9.17, 15) is 0 Å². The molecule has 0 saturated carbocycles. The number of hydrogen-bond donors (Lipinski definition) is 0. The number of pyridine rings is 1. The van der Waals surface area contributed by atoms with Gasteiger partial charge in [0, 0.05) is 49.0 Å². The van der Waals surface area contributed by atoms with E-state index < -0.39 is 0 Å². The van der Waals surface area contributed by atoms with Gasteiger partial charge in [0.25, 0.3) is 0 Å². The van der Waals surface area contributed by atoms with Crippen LogP contribution in [0.3, 0.4) is 0 Å². The Bertz CT molecular complexity index is 995. The molecule has 0 aliphatic rings. The molecule has 0 fully saturated rings. The van der Waals surface area contributed by atoms with Crippen molar-refractivity contribution in [2.75, 3.05) is 6.54 Å². The SMILES string of the molecule is CCCN(Cc1ccncc1)Cc1cnc2c(-c3ccccc3)cnn2c1. The fourth-order valence-electron chi connectivity index (χ4n) is 3.35. The van der Waals surface area contributed by atoms with Gasteiger partial charge < -0.3 is 0 Å². The standard InChI is InChI=1S/C22H23N5/c1-2-12-26(15-18-8-10-23-11-9-18)16-19-13-24-22-21(14-25-27(22)17-19)20-6-4-3-5-7-20/h3-11,13-14,17H,2,12,15-16H2,1H3. The van der Waals surface area contributed by atoms with Gasteiger partial charge in [0.05, 0.1) is 6.20 Å². The van der Waals surface area contributed by atoms with E-state index in [1.54, 1.807) is 0 Å². The molecule has 0 aliphatic carbocycles. The molecule has 0 spiro atoms. The topological polar surface area (TPSA) is 46.3 Å². The fraction of sp³-hybridized carbons (Fsp3) is 0.227. The Morgan fingerprint density at radius 3 is 2.48 bits per heavy atom. The van der Waals surface area contributed by atoms with Crippen LogP contribution in [0.2, 0.25) is 0 Å². The second kappa shape index (κ2) is 8.10. The molecule has 0 saturated heterocycles. The van der Waals surface area contributed by atoms with Crippen molar-refractivity contribution in [1.82, 2.24) is 24.5 Å². The number of benzene rings is 1. The van der Waals surface area contributed by atoms with Gasteiger partial charge in [-0.2, -0.15) is 5.10 Å². The third kappa shape index (κ3) is 4.04. The quantitative estimate of drug-likeness (QED) is 0.497. The first-order valence-corrected chi connectivity index (χ1v) is 9.32. The van der Waals surface area contributed by atoms with E-state index in [1.165, 1.54) is 5.56 Å². The van der Waals surface area contributed by atoms with Crippen LogP contribution in [-0.2, 0) is 13.1 Å². The van der Waals surface area contributed by atoms with Crippen molar-refractivity contribution in [2.24, 2.45) is 0 Å². The molecule has 4 rings (SSSR count). The van der Waals surface area contributed by atoms with Gasteiger partial charge in [-0.3, -0.25) is 9.88 Å². The number of aromatic nitrogens is 4. The molecule has 5 nitrogen and oxygen atoms in total. The van der Waals surface area contributed by atoms with Gasteiger partial charge in [0.2, 0.25) is 0 Å². The summed E-state index contributed by atoms with van der Waals surface area (Å²) >= 11 is 0. The summed E-state index contributed by atoms with van der Waals surface area (Å²) in [6.45, 7) is 5.00. The maximum atomic E-state index is 4.70. The summed E-state index contributed by atoms with van der Waals surface area (Å²) in [6.07, 6.45) is 10.8. The van der Waals surface area contributed by atoms with Crippen LogP contribution in [0.25, 0.3) is 16.8 Å². The minimum absolute atomic E-state index is 0.847. The third-order valence-electron chi connectivity index (χ3n) is 4.60. The third-order valence-corrected chi connectivity index (χ3v) is 4.60. The molecular weight excluding hydrogens is 334 g/mol. The second-order valence-corrected chi connectivity index (χ2v) is 6.72. The lowest BCUT2D eigenvalue weighted by molar-refractivity contribution is 0.256. The average molecular weight is 357 g/mol. The summed E-state index contributed by atoms with van der Waals surface area (Å²) in [6, 6.07) is 14.4. The predicted molar refractivity (Wildman–Crippen MR) is 107 cm³/mol. The Balaban J connectivity index is 1.56. The van der Waals surface area contributed by atoms with Crippen LogP contribution in [-0.4, -0.2) is 31.0 Å². The minimum atomic E-state index is 0.847. The van der Waals surface area contributed by atoms with Gasteiger partial charge in [0.15, 0.2) is 5.65 Å². The van der Waals surface area contributed by atoms with Crippen LogP contribution in [0.1, 0.15) is 24.5 Å². The van der Waals surface area contributed by atoms with Crippen molar-refractivity contribution in [2.45, 2.75) is 26.4 Å². The van der Waals surface area contributed by atoms with Gasteiger partial charge in [-0.1, -0.05) is 37.3 Å². The second-order valence-electron chi connectivity index (χ2n) is 6.72. The summed E-state index contributed by atoms with van der Waals surface area (Å²) in [7, 11) is 0. The first-order valence-electron chi connectivity index (χ1n) is 9.32. The maximum Gasteiger partial charge on any atom is 0.162 e. The van der Waals surface area contributed by atoms with Crippen molar-refractivity contribution >= 4 is 5.65 Å². The molecule has 0 N–H and O–H groups in total. The molecule has 1 aromatic carbocycles. The molecular formula is C22H23N5. The normalized spacial score (nSPS) is 11.3.